The van der Waals surface area contributed by atoms with Gasteiger partial charge in [0.15, 0.2) is 0 Å². The number of fused-ring (bicyclic) bond motifs is 1. The molecule has 0 unspecified atom stereocenters. The van der Waals surface area contributed by atoms with Crippen molar-refractivity contribution in [3.8, 4) is 5.75 Å². The highest BCUT2D eigenvalue weighted by atomic mass is 16.5. The summed E-state index contributed by atoms with van der Waals surface area (Å²) < 4.78 is 5.35. The Balaban J connectivity index is 1.75. The van der Waals surface area contributed by atoms with Gasteiger partial charge >= 0.3 is 0 Å². The van der Waals surface area contributed by atoms with Crippen molar-refractivity contribution >= 4 is 5.91 Å². The van der Waals surface area contributed by atoms with E-state index in [0.29, 0.717) is 12.0 Å². The molecule has 2 aromatic rings. The maximum Gasteiger partial charge on any atom is 0.251 e. The Morgan fingerprint density at radius 3 is 2.80 bits per heavy atom. The van der Waals surface area contributed by atoms with Gasteiger partial charge in [-0.25, -0.2) is 0 Å². The molecule has 0 heterocycles. The maximum absolute atomic E-state index is 12.6. The van der Waals surface area contributed by atoms with E-state index in [1.165, 1.54) is 24.0 Å². The minimum absolute atomic E-state index is 0.0247. The molecule has 2 aromatic carbocycles. The van der Waals surface area contributed by atoms with E-state index in [1.54, 1.807) is 13.2 Å². The number of hydrogen-bond acceptors (Lipinski definition) is 2. The van der Waals surface area contributed by atoms with Crippen LogP contribution >= 0.6 is 0 Å². The molecule has 0 aliphatic heterocycles. The smallest absolute Gasteiger partial charge is 0.251 e. The van der Waals surface area contributed by atoms with Gasteiger partial charge in [0.05, 0.1) is 13.2 Å². The number of benzene rings is 2. The molecule has 25 heavy (non-hydrogen) atoms. The summed E-state index contributed by atoms with van der Waals surface area (Å²) in [6, 6.07) is 12.1. The van der Waals surface area contributed by atoms with Crippen molar-refractivity contribution < 1.29 is 9.53 Å². The highest BCUT2D eigenvalue weighted by molar-refractivity contribution is 5.94. The summed E-state index contributed by atoms with van der Waals surface area (Å²) in [5, 5.41) is 3.10. The second-order valence-electron chi connectivity index (χ2n) is 6.60. The summed E-state index contributed by atoms with van der Waals surface area (Å²) in [6.45, 7) is 5.80. The summed E-state index contributed by atoms with van der Waals surface area (Å²) in [5.41, 5.74) is 5.65. The standard InChI is InChI=1S/C22H25NO2/c1-4-6-19-14-20(11-12-21(19)25-3)22(24)23-15(2)17-10-9-16-7-5-8-18(16)13-17/h4,9-15H,1,5-8H2,2-3H3,(H,23,24)/t15-/m0/s1. The largest absolute Gasteiger partial charge is 0.496 e. The van der Waals surface area contributed by atoms with E-state index in [1.807, 2.05) is 25.1 Å². The number of aryl methyl sites for hydroxylation is 2. The molecule has 1 N–H and O–H groups in total. The fourth-order valence-corrected chi connectivity index (χ4v) is 3.46. The van der Waals surface area contributed by atoms with Crippen molar-refractivity contribution in [1.29, 1.82) is 0 Å². The zero-order valence-electron chi connectivity index (χ0n) is 15.0. The van der Waals surface area contributed by atoms with E-state index in [0.717, 1.165) is 23.3 Å². The Morgan fingerprint density at radius 1 is 1.24 bits per heavy atom. The second kappa shape index (κ2) is 7.56. The van der Waals surface area contributed by atoms with E-state index in [9.17, 15) is 4.79 Å². The van der Waals surface area contributed by atoms with Crippen LogP contribution in [0.5, 0.6) is 5.75 Å². The van der Waals surface area contributed by atoms with Gasteiger partial charge < -0.3 is 10.1 Å². The molecule has 0 spiro atoms. The van der Waals surface area contributed by atoms with Crippen LogP contribution < -0.4 is 10.1 Å². The first kappa shape index (κ1) is 17.3. The Bertz CT molecular complexity index is 795. The van der Waals surface area contributed by atoms with Crippen LogP contribution in [0.3, 0.4) is 0 Å². The third kappa shape index (κ3) is 3.76. The number of amides is 1. The Hall–Kier alpha value is -2.55. The van der Waals surface area contributed by atoms with Crippen molar-refractivity contribution in [2.45, 2.75) is 38.6 Å². The molecule has 3 nitrogen and oxygen atoms in total. The molecule has 0 radical (unpaired) electrons. The van der Waals surface area contributed by atoms with Gasteiger partial charge in [0, 0.05) is 5.56 Å². The number of ether oxygens (including phenoxy) is 1. The van der Waals surface area contributed by atoms with Crippen molar-refractivity contribution in [2.75, 3.05) is 7.11 Å². The third-order valence-electron chi connectivity index (χ3n) is 4.88. The molecule has 130 valence electrons. The average Bonchev–Trinajstić information content (AvgIpc) is 3.09. The quantitative estimate of drug-likeness (QED) is 0.795. The molecule has 1 atom stereocenters. The molecule has 0 aromatic heterocycles. The number of carbonyl (C=O) groups excluding carboxylic acids is 1. The van der Waals surface area contributed by atoms with Gasteiger partial charge in [-0.2, -0.15) is 0 Å². The van der Waals surface area contributed by atoms with Gasteiger partial charge in [-0.1, -0.05) is 24.3 Å². The first-order chi connectivity index (χ1) is 12.1. The first-order valence-corrected chi connectivity index (χ1v) is 8.82. The number of allylic oxidation sites excluding steroid dienone is 1. The highest BCUT2D eigenvalue weighted by Gasteiger charge is 2.16. The summed E-state index contributed by atoms with van der Waals surface area (Å²) in [4.78, 5) is 12.6. The average molecular weight is 335 g/mol. The minimum Gasteiger partial charge on any atom is -0.496 e. The highest BCUT2D eigenvalue weighted by Crippen LogP contribution is 2.26. The van der Waals surface area contributed by atoms with Gasteiger partial charge in [-0.3, -0.25) is 4.79 Å². The third-order valence-corrected chi connectivity index (χ3v) is 4.88. The molecule has 0 bridgehead atoms. The fraction of sp³-hybridized carbons (Fsp3) is 0.318. The summed E-state index contributed by atoms with van der Waals surface area (Å²) in [7, 11) is 1.64. The maximum atomic E-state index is 12.6. The van der Waals surface area contributed by atoms with Gasteiger partial charge in [-0.05, 0) is 73.1 Å². The van der Waals surface area contributed by atoms with Crippen molar-refractivity contribution in [3.05, 3.63) is 76.9 Å². The van der Waals surface area contributed by atoms with Gasteiger partial charge in [0.25, 0.3) is 5.91 Å². The first-order valence-electron chi connectivity index (χ1n) is 8.82. The van der Waals surface area contributed by atoms with E-state index in [2.05, 4.69) is 30.1 Å². The lowest BCUT2D eigenvalue weighted by Gasteiger charge is -2.16. The summed E-state index contributed by atoms with van der Waals surface area (Å²) >= 11 is 0. The van der Waals surface area contributed by atoms with E-state index >= 15 is 0 Å². The molecule has 0 saturated carbocycles. The van der Waals surface area contributed by atoms with Crippen LogP contribution in [0.25, 0.3) is 0 Å². The number of rotatable bonds is 6. The van der Waals surface area contributed by atoms with Gasteiger partial charge in [0.2, 0.25) is 0 Å². The molecule has 0 saturated heterocycles. The lowest BCUT2D eigenvalue weighted by Crippen LogP contribution is -2.26. The van der Waals surface area contributed by atoms with Crippen LogP contribution in [0.15, 0.2) is 49.1 Å². The number of hydrogen-bond donors (Lipinski definition) is 1. The second-order valence-corrected chi connectivity index (χ2v) is 6.60. The van der Waals surface area contributed by atoms with Crippen LogP contribution in [0.4, 0.5) is 0 Å². The van der Waals surface area contributed by atoms with Crippen molar-refractivity contribution in [3.63, 3.8) is 0 Å². The summed E-state index contributed by atoms with van der Waals surface area (Å²) in [6.07, 6.45) is 6.04. The topological polar surface area (TPSA) is 38.3 Å². The fourth-order valence-electron chi connectivity index (χ4n) is 3.46. The normalized spacial score (nSPS) is 13.8. The Morgan fingerprint density at radius 2 is 2.04 bits per heavy atom. The lowest BCUT2D eigenvalue weighted by molar-refractivity contribution is 0.0939. The molecular weight excluding hydrogens is 310 g/mol. The number of nitrogens with one attached hydrogen (secondary N) is 1. The van der Waals surface area contributed by atoms with E-state index in [-0.39, 0.29) is 11.9 Å². The molecule has 1 aliphatic carbocycles. The number of carbonyl (C=O) groups is 1. The van der Waals surface area contributed by atoms with Crippen molar-refractivity contribution in [1.82, 2.24) is 5.32 Å². The van der Waals surface area contributed by atoms with Crippen LogP contribution in [0, 0.1) is 0 Å². The molecular formula is C22H25NO2. The van der Waals surface area contributed by atoms with Crippen LogP contribution in [-0.2, 0) is 19.3 Å². The Kier molecular flexibility index (Phi) is 5.22. The van der Waals surface area contributed by atoms with E-state index < -0.39 is 0 Å². The molecule has 1 amide bonds. The van der Waals surface area contributed by atoms with Crippen molar-refractivity contribution in [2.24, 2.45) is 0 Å². The summed E-state index contributed by atoms with van der Waals surface area (Å²) in [5.74, 6) is 0.712. The van der Waals surface area contributed by atoms with Gasteiger partial charge in [-0.15, -0.1) is 6.58 Å². The molecule has 3 heteroatoms. The van der Waals surface area contributed by atoms with Crippen LogP contribution in [0.2, 0.25) is 0 Å². The molecule has 0 fully saturated rings. The zero-order chi connectivity index (χ0) is 17.8. The number of methoxy groups -OCH3 is 1. The predicted molar refractivity (Wildman–Crippen MR) is 101 cm³/mol. The monoisotopic (exact) mass is 335 g/mol. The molecule has 3 rings (SSSR count). The zero-order valence-corrected chi connectivity index (χ0v) is 15.0. The van der Waals surface area contributed by atoms with Gasteiger partial charge in [0.1, 0.15) is 5.75 Å². The molecule has 1 aliphatic rings. The SMILES string of the molecule is C=CCc1cc(C(=O)N[C@@H](C)c2ccc3c(c2)CCC3)ccc1OC. The minimum atomic E-state index is -0.0686. The lowest BCUT2D eigenvalue weighted by atomic mass is 10.0. The predicted octanol–water partition coefficient (Wildman–Crippen LogP) is 4.40. The van der Waals surface area contributed by atoms with Crippen LogP contribution in [-0.4, -0.2) is 13.0 Å². The van der Waals surface area contributed by atoms with E-state index in [4.69, 9.17) is 4.74 Å². The Labute approximate surface area is 149 Å². The van der Waals surface area contributed by atoms with Crippen LogP contribution in [0.1, 0.15) is 52.0 Å².